The van der Waals surface area contributed by atoms with Crippen molar-refractivity contribution >= 4 is 12.4 Å². The van der Waals surface area contributed by atoms with Crippen LogP contribution in [0.3, 0.4) is 0 Å². The predicted molar refractivity (Wildman–Crippen MR) is 89.3 cm³/mol. The first kappa shape index (κ1) is 17.5. The fraction of sp³-hybridized carbons (Fsp3) is 0.647. The molecule has 1 atom stereocenters. The fourth-order valence-corrected chi connectivity index (χ4v) is 3.91. The summed E-state index contributed by atoms with van der Waals surface area (Å²) >= 11 is 0. The highest BCUT2D eigenvalue weighted by molar-refractivity contribution is 5.85. The van der Waals surface area contributed by atoms with Gasteiger partial charge in [-0.2, -0.15) is 0 Å². The van der Waals surface area contributed by atoms with Gasteiger partial charge in [-0.3, -0.25) is 4.90 Å². The summed E-state index contributed by atoms with van der Waals surface area (Å²) in [7, 11) is 1.64. The van der Waals surface area contributed by atoms with Crippen molar-refractivity contribution in [2.75, 3.05) is 33.3 Å². The Morgan fingerprint density at radius 2 is 1.91 bits per heavy atom. The lowest BCUT2D eigenvalue weighted by atomic mass is 9.89. The number of nitrogens with zero attached hydrogens (tertiary/aromatic N) is 1. The Bertz CT molecular complexity index is 474. The molecule has 1 saturated heterocycles. The lowest BCUT2D eigenvalue weighted by molar-refractivity contribution is 0.123. The molecule has 1 N–H and O–H groups in total. The summed E-state index contributed by atoms with van der Waals surface area (Å²) < 4.78 is 19.0. The second-order valence-corrected chi connectivity index (χ2v) is 6.16. The van der Waals surface area contributed by atoms with Gasteiger partial charge in [0.25, 0.3) is 0 Å². The highest BCUT2D eigenvalue weighted by Crippen LogP contribution is 2.42. The topological polar surface area (TPSA) is 24.5 Å². The maximum atomic E-state index is 13.5. The maximum Gasteiger partial charge on any atom is 0.126 e. The molecule has 0 spiro atoms. The van der Waals surface area contributed by atoms with E-state index >= 15 is 0 Å². The summed E-state index contributed by atoms with van der Waals surface area (Å²) in [5.74, 6) is 1.15. The van der Waals surface area contributed by atoms with Gasteiger partial charge >= 0.3 is 0 Å². The monoisotopic (exact) mass is 328 g/mol. The van der Waals surface area contributed by atoms with Crippen molar-refractivity contribution in [3.8, 4) is 5.75 Å². The summed E-state index contributed by atoms with van der Waals surface area (Å²) in [6, 6.07) is 5.39. The van der Waals surface area contributed by atoms with Crippen LogP contribution >= 0.6 is 12.4 Å². The molecule has 0 aromatic heterocycles. The van der Waals surface area contributed by atoms with Gasteiger partial charge in [-0.1, -0.05) is 18.9 Å². The Hall–Kier alpha value is -0.840. The molecule has 1 aromatic carbocycles. The predicted octanol–water partition coefficient (Wildman–Crippen LogP) is 3.39. The SMILES string of the molecule is COc1cc(F)ccc1[C@H](C1CCCC1)N1CCNCC1.Cl. The number of ether oxygens (including phenoxy) is 1. The van der Waals surface area contributed by atoms with E-state index in [1.165, 1.54) is 31.7 Å². The van der Waals surface area contributed by atoms with Gasteiger partial charge in [-0.15, -0.1) is 12.4 Å². The molecule has 3 nitrogen and oxygen atoms in total. The van der Waals surface area contributed by atoms with Crippen molar-refractivity contribution in [2.24, 2.45) is 5.92 Å². The first-order valence-electron chi connectivity index (χ1n) is 8.08. The third-order valence-corrected chi connectivity index (χ3v) is 4.91. The van der Waals surface area contributed by atoms with Crippen LogP contribution < -0.4 is 10.1 Å². The molecular weight excluding hydrogens is 303 g/mol. The minimum Gasteiger partial charge on any atom is -0.496 e. The standard InChI is InChI=1S/C17H25FN2O.ClH/c1-21-16-12-14(18)6-7-15(16)17(13-4-2-3-5-13)20-10-8-19-9-11-20;/h6-7,12-13,17,19H,2-5,8-11H2,1H3;1H/t17-;/m0./s1. The second-order valence-electron chi connectivity index (χ2n) is 6.16. The summed E-state index contributed by atoms with van der Waals surface area (Å²) in [5.41, 5.74) is 1.16. The van der Waals surface area contributed by atoms with Crippen LogP contribution in [0.1, 0.15) is 37.3 Å². The van der Waals surface area contributed by atoms with E-state index in [0.29, 0.717) is 17.7 Å². The number of rotatable bonds is 4. The van der Waals surface area contributed by atoms with E-state index < -0.39 is 0 Å². The van der Waals surface area contributed by atoms with E-state index in [1.54, 1.807) is 13.2 Å². The molecule has 124 valence electrons. The van der Waals surface area contributed by atoms with E-state index in [1.807, 2.05) is 6.07 Å². The van der Waals surface area contributed by atoms with Crippen LogP contribution in [0.15, 0.2) is 18.2 Å². The van der Waals surface area contributed by atoms with Gasteiger partial charge < -0.3 is 10.1 Å². The number of hydrogen-bond acceptors (Lipinski definition) is 3. The van der Waals surface area contributed by atoms with Crippen LogP contribution in [-0.2, 0) is 0 Å². The quantitative estimate of drug-likeness (QED) is 0.917. The molecule has 1 saturated carbocycles. The molecule has 2 aliphatic rings. The van der Waals surface area contributed by atoms with Crippen molar-refractivity contribution in [1.29, 1.82) is 0 Å². The molecule has 2 fully saturated rings. The molecule has 0 bridgehead atoms. The normalized spacial score (nSPS) is 21.4. The van der Waals surface area contributed by atoms with Gasteiger partial charge in [-0.05, 0) is 24.8 Å². The van der Waals surface area contributed by atoms with Crippen LogP contribution in [0.2, 0.25) is 0 Å². The highest BCUT2D eigenvalue weighted by atomic mass is 35.5. The third-order valence-electron chi connectivity index (χ3n) is 4.91. The lowest BCUT2D eigenvalue weighted by Crippen LogP contribution is -2.46. The number of hydrogen-bond donors (Lipinski definition) is 1. The third kappa shape index (κ3) is 3.73. The zero-order valence-corrected chi connectivity index (χ0v) is 14.0. The molecule has 0 radical (unpaired) electrons. The van der Waals surface area contributed by atoms with Gasteiger partial charge in [0.05, 0.1) is 7.11 Å². The molecule has 1 heterocycles. The lowest BCUT2D eigenvalue weighted by Gasteiger charge is -2.39. The van der Waals surface area contributed by atoms with Crippen molar-refractivity contribution in [3.63, 3.8) is 0 Å². The smallest absolute Gasteiger partial charge is 0.126 e. The van der Waals surface area contributed by atoms with Crippen LogP contribution in [-0.4, -0.2) is 38.2 Å². The molecule has 1 aromatic rings. The summed E-state index contributed by atoms with van der Waals surface area (Å²) in [5, 5.41) is 3.42. The zero-order valence-electron chi connectivity index (χ0n) is 13.2. The van der Waals surface area contributed by atoms with Crippen molar-refractivity contribution < 1.29 is 9.13 Å². The van der Waals surface area contributed by atoms with Crippen LogP contribution in [0, 0.1) is 11.7 Å². The van der Waals surface area contributed by atoms with Crippen LogP contribution in [0.25, 0.3) is 0 Å². The number of methoxy groups -OCH3 is 1. The Labute approximate surface area is 138 Å². The average molecular weight is 329 g/mol. The van der Waals surface area contributed by atoms with Crippen molar-refractivity contribution in [3.05, 3.63) is 29.6 Å². The zero-order chi connectivity index (χ0) is 14.7. The van der Waals surface area contributed by atoms with Crippen LogP contribution in [0.4, 0.5) is 4.39 Å². The van der Waals surface area contributed by atoms with E-state index in [4.69, 9.17) is 4.74 Å². The highest BCUT2D eigenvalue weighted by Gasteiger charge is 2.33. The molecule has 3 rings (SSSR count). The van der Waals surface area contributed by atoms with Gasteiger partial charge in [0.1, 0.15) is 11.6 Å². The second kappa shape index (κ2) is 8.14. The molecule has 0 unspecified atom stereocenters. The number of piperazine rings is 1. The summed E-state index contributed by atoms with van der Waals surface area (Å²) in [4.78, 5) is 2.56. The first-order chi connectivity index (χ1) is 10.3. The molecule has 0 amide bonds. The van der Waals surface area contributed by atoms with Gasteiger partial charge in [0.2, 0.25) is 0 Å². The molecule has 5 heteroatoms. The first-order valence-corrected chi connectivity index (χ1v) is 8.08. The van der Waals surface area contributed by atoms with Gasteiger partial charge in [-0.25, -0.2) is 4.39 Å². The molecular formula is C17H26ClFN2O. The number of benzene rings is 1. The Morgan fingerprint density at radius 1 is 1.23 bits per heavy atom. The Morgan fingerprint density at radius 3 is 2.55 bits per heavy atom. The molecule has 1 aliphatic carbocycles. The van der Waals surface area contributed by atoms with E-state index in [2.05, 4.69) is 10.2 Å². The maximum absolute atomic E-state index is 13.5. The number of halogens is 2. The van der Waals surface area contributed by atoms with Crippen LogP contribution in [0.5, 0.6) is 5.75 Å². The Balaban J connectivity index is 0.00000176. The summed E-state index contributed by atoms with van der Waals surface area (Å²) in [6.45, 7) is 4.18. The van der Waals surface area contributed by atoms with E-state index in [-0.39, 0.29) is 18.2 Å². The number of nitrogens with one attached hydrogen (secondary N) is 1. The summed E-state index contributed by atoms with van der Waals surface area (Å²) in [6.07, 6.45) is 5.18. The fourth-order valence-electron chi connectivity index (χ4n) is 3.91. The van der Waals surface area contributed by atoms with E-state index in [0.717, 1.165) is 31.7 Å². The van der Waals surface area contributed by atoms with Gasteiger partial charge in [0.15, 0.2) is 0 Å². The molecule has 22 heavy (non-hydrogen) atoms. The largest absolute Gasteiger partial charge is 0.496 e. The average Bonchev–Trinajstić information content (AvgIpc) is 3.04. The minimum atomic E-state index is -0.221. The molecule has 1 aliphatic heterocycles. The van der Waals surface area contributed by atoms with Crippen molar-refractivity contribution in [1.82, 2.24) is 10.2 Å². The van der Waals surface area contributed by atoms with Gasteiger partial charge in [0, 0.05) is 43.9 Å². The minimum absolute atomic E-state index is 0. The van der Waals surface area contributed by atoms with E-state index in [9.17, 15) is 4.39 Å². The van der Waals surface area contributed by atoms with Crippen molar-refractivity contribution in [2.45, 2.75) is 31.7 Å². The Kier molecular flexibility index (Phi) is 6.48.